The van der Waals surface area contributed by atoms with E-state index in [1.165, 1.54) is 25.4 Å². The van der Waals surface area contributed by atoms with E-state index in [2.05, 4.69) is 6.58 Å². The van der Waals surface area contributed by atoms with E-state index in [0.717, 1.165) is 4.90 Å². The Morgan fingerprint density at radius 2 is 1.78 bits per heavy atom. The zero-order valence-corrected chi connectivity index (χ0v) is 18.1. The summed E-state index contributed by atoms with van der Waals surface area (Å²) in [5.41, 5.74) is 0.665. The number of carbonyl (C=O) groups is 2. The van der Waals surface area contributed by atoms with Crippen LogP contribution in [0, 0.1) is 0 Å². The van der Waals surface area contributed by atoms with Crippen LogP contribution in [0.15, 0.2) is 41.3 Å². The Labute approximate surface area is 169 Å². The monoisotopic (exact) mass is 430 g/mol. The molecule has 0 heterocycles. The third-order valence-corrected chi connectivity index (χ3v) is 7.57. The van der Waals surface area contributed by atoms with E-state index in [-0.39, 0.29) is 18.8 Å². The molecule has 1 aromatic carbocycles. The molecule has 1 atom stereocenters. The lowest BCUT2D eigenvalue weighted by Gasteiger charge is -2.13. The highest BCUT2D eigenvalue weighted by molar-refractivity contribution is 8.06. The molecule has 1 aromatic rings. The Bertz CT molecular complexity index is 745. The lowest BCUT2D eigenvalue weighted by Crippen LogP contribution is -2.14. The van der Waals surface area contributed by atoms with Gasteiger partial charge in [0.25, 0.3) is 0 Å². The largest absolute Gasteiger partial charge is 0.459 e. The predicted octanol–water partition coefficient (Wildman–Crippen LogP) is 4.33. The van der Waals surface area contributed by atoms with Crippen molar-refractivity contribution in [1.29, 1.82) is 0 Å². The molecule has 0 aliphatic heterocycles. The predicted molar refractivity (Wildman–Crippen MR) is 111 cm³/mol. The van der Waals surface area contributed by atoms with Crippen molar-refractivity contribution < 1.29 is 28.2 Å². The average Bonchev–Trinajstić information content (AvgIpc) is 2.63. The number of thiocarbonyl (C=S) groups is 1. The van der Waals surface area contributed by atoms with Crippen LogP contribution in [0.3, 0.4) is 0 Å². The topological polar surface area (TPSA) is 78.9 Å². The van der Waals surface area contributed by atoms with Gasteiger partial charge >= 0.3 is 11.9 Å². The number of thioether (sulfide) groups is 1. The van der Waals surface area contributed by atoms with Crippen molar-refractivity contribution in [3.63, 3.8) is 0 Å². The van der Waals surface area contributed by atoms with Gasteiger partial charge in [-0.1, -0.05) is 18.8 Å². The summed E-state index contributed by atoms with van der Waals surface area (Å²) in [6.45, 7) is 8.57. The van der Waals surface area contributed by atoms with Crippen LogP contribution in [0.1, 0.15) is 24.2 Å². The lowest BCUT2D eigenvalue weighted by atomic mass is 10.2. The van der Waals surface area contributed by atoms with Crippen LogP contribution in [-0.4, -0.2) is 48.8 Å². The summed E-state index contributed by atoms with van der Waals surface area (Å²) in [6.07, 6.45) is 0. The van der Waals surface area contributed by atoms with Gasteiger partial charge in [-0.25, -0.2) is 9.59 Å². The highest BCUT2D eigenvalue weighted by Crippen LogP contribution is 2.45. The fourth-order valence-corrected chi connectivity index (χ4v) is 4.47. The first kappa shape index (κ1) is 23.6. The zero-order chi connectivity index (χ0) is 20.4. The first-order chi connectivity index (χ1) is 12.7. The van der Waals surface area contributed by atoms with Crippen LogP contribution in [0.5, 0.6) is 0 Å². The van der Waals surface area contributed by atoms with Gasteiger partial charge in [-0.3, -0.25) is 4.57 Å². The van der Waals surface area contributed by atoms with Gasteiger partial charge in [0.1, 0.15) is 13.2 Å². The summed E-state index contributed by atoms with van der Waals surface area (Å²) in [4.78, 5) is 24.0. The van der Waals surface area contributed by atoms with Gasteiger partial charge in [0.05, 0.1) is 16.8 Å². The van der Waals surface area contributed by atoms with E-state index in [9.17, 15) is 14.2 Å². The smallest absolute Gasteiger partial charge is 0.338 e. The molecular weight excluding hydrogens is 407 g/mol. The summed E-state index contributed by atoms with van der Waals surface area (Å²) in [6, 6.07) is 6.77. The van der Waals surface area contributed by atoms with Crippen molar-refractivity contribution in [2.45, 2.75) is 18.7 Å². The van der Waals surface area contributed by atoms with E-state index < -0.39 is 19.3 Å². The summed E-state index contributed by atoms with van der Waals surface area (Å²) in [5, 5.41) is 0. The molecule has 0 spiro atoms. The number of esters is 2. The number of hydrogen-bond acceptors (Lipinski definition) is 8. The maximum Gasteiger partial charge on any atom is 0.338 e. The highest BCUT2D eigenvalue weighted by atomic mass is 32.2. The minimum atomic E-state index is -2.88. The van der Waals surface area contributed by atoms with Gasteiger partial charge in [-0.05, 0) is 38.1 Å². The molecule has 0 fully saturated rings. The Balaban J connectivity index is 2.45. The summed E-state index contributed by atoms with van der Waals surface area (Å²) < 4.78 is 27.7. The highest BCUT2D eigenvalue weighted by Gasteiger charge is 2.21. The third kappa shape index (κ3) is 8.39. The summed E-state index contributed by atoms with van der Waals surface area (Å²) in [5.74, 6) is -0.643. The molecule has 148 valence electrons. The van der Waals surface area contributed by atoms with Gasteiger partial charge in [0, 0.05) is 22.9 Å². The Morgan fingerprint density at radius 1 is 1.19 bits per heavy atom. The molecular formula is C18H23O6PS2. The van der Waals surface area contributed by atoms with E-state index in [4.69, 9.17) is 26.2 Å². The zero-order valence-electron chi connectivity index (χ0n) is 15.6. The number of benzene rings is 1. The SMILES string of the molecule is C=C(C)C(=O)OCCOC(=O)c1ccc(SCC(=S)P(C)(=O)OCC)cc1. The fraction of sp³-hybridized carbons (Fsp3) is 0.389. The molecule has 9 heteroatoms. The molecule has 0 N–H and O–H groups in total. The van der Waals surface area contributed by atoms with Crippen molar-refractivity contribution in [2.24, 2.45) is 0 Å². The second-order valence-electron chi connectivity index (χ2n) is 5.52. The molecule has 6 nitrogen and oxygen atoms in total. The molecule has 0 aliphatic carbocycles. The van der Waals surface area contributed by atoms with Crippen molar-refractivity contribution in [3.8, 4) is 0 Å². The van der Waals surface area contributed by atoms with Crippen molar-refractivity contribution in [3.05, 3.63) is 42.0 Å². The number of carbonyl (C=O) groups excluding carboxylic acids is 2. The summed E-state index contributed by atoms with van der Waals surface area (Å²) in [7, 11) is -2.88. The Hall–Kier alpha value is -1.47. The van der Waals surface area contributed by atoms with Crippen molar-refractivity contribution in [2.75, 3.05) is 32.2 Å². The van der Waals surface area contributed by atoms with Gasteiger partial charge < -0.3 is 14.0 Å². The molecule has 0 amide bonds. The molecule has 27 heavy (non-hydrogen) atoms. The number of ether oxygens (including phenoxy) is 2. The molecule has 0 aromatic heterocycles. The Morgan fingerprint density at radius 3 is 2.33 bits per heavy atom. The molecule has 1 unspecified atom stereocenters. The minimum Gasteiger partial charge on any atom is -0.459 e. The molecule has 0 aliphatic rings. The molecule has 0 bridgehead atoms. The molecule has 0 saturated carbocycles. The van der Waals surface area contributed by atoms with Gasteiger partial charge in [0.15, 0.2) is 0 Å². The van der Waals surface area contributed by atoms with Crippen molar-refractivity contribution >= 4 is 47.9 Å². The minimum absolute atomic E-state index is 0.0281. The average molecular weight is 430 g/mol. The van der Waals surface area contributed by atoms with Crippen molar-refractivity contribution in [1.82, 2.24) is 0 Å². The quantitative estimate of drug-likeness (QED) is 0.128. The van der Waals surface area contributed by atoms with Crippen LogP contribution >= 0.6 is 31.3 Å². The van der Waals surface area contributed by atoms with Crippen LogP contribution in [0.2, 0.25) is 0 Å². The van der Waals surface area contributed by atoms with Gasteiger partial charge in [-0.2, -0.15) is 0 Å². The molecule has 1 rings (SSSR count). The van der Waals surface area contributed by atoms with E-state index in [0.29, 0.717) is 22.5 Å². The van der Waals surface area contributed by atoms with Gasteiger partial charge in [-0.15, -0.1) is 11.8 Å². The van der Waals surface area contributed by atoms with Crippen LogP contribution in [0.4, 0.5) is 0 Å². The summed E-state index contributed by atoms with van der Waals surface area (Å²) >= 11 is 6.61. The second-order valence-corrected chi connectivity index (χ2v) is 9.86. The lowest BCUT2D eigenvalue weighted by molar-refractivity contribution is -0.140. The normalized spacial score (nSPS) is 12.7. The number of hydrogen-bond donors (Lipinski definition) is 0. The number of rotatable bonds is 11. The van der Waals surface area contributed by atoms with Crippen LogP contribution < -0.4 is 0 Å². The van der Waals surface area contributed by atoms with Crippen LogP contribution in [-0.2, 0) is 23.4 Å². The van der Waals surface area contributed by atoms with E-state index >= 15 is 0 Å². The fourth-order valence-electron chi connectivity index (χ4n) is 1.74. The Kier molecular flexibility index (Phi) is 9.94. The van der Waals surface area contributed by atoms with E-state index in [1.807, 2.05) is 0 Å². The van der Waals surface area contributed by atoms with E-state index in [1.54, 1.807) is 31.2 Å². The third-order valence-electron chi connectivity index (χ3n) is 3.18. The van der Waals surface area contributed by atoms with Crippen LogP contribution in [0.25, 0.3) is 0 Å². The second kappa shape index (κ2) is 11.4. The molecule has 0 saturated heterocycles. The first-order valence-electron chi connectivity index (χ1n) is 8.15. The van der Waals surface area contributed by atoms with Gasteiger partial charge in [0.2, 0.25) is 7.37 Å². The first-order valence-corrected chi connectivity index (χ1v) is 11.6. The standard InChI is InChI=1S/C18H23O6PS2/c1-5-24-25(4,21)16(26)12-27-15-8-6-14(7-9-15)18(20)23-11-10-22-17(19)13(2)3/h6-9H,2,5,10-12H2,1,3-4H3. The maximum absolute atomic E-state index is 12.2. The molecule has 0 radical (unpaired) electrons. The maximum atomic E-state index is 12.2.